The summed E-state index contributed by atoms with van der Waals surface area (Å²) in [7, 11) is 0. The fourth-order valence-electron chi connectivity index (χ4n) is 1.48. The van der Waals surface area contributed by atoms with Gasteiger partial charge in [-0.3, -0.25) is 0 Å². The van der Waals surface area contributed by atoms with Gasteiger partial charge in [0.05, 0.1) is 0 Å². The molecule has 0 atom stereocenters. The number of hydrogen-bond donors (Lipinski definition) is 2. The SMILES string of the molecule is CC(C)(C)OC(=O)NC1CCN(O)CC1. The predicted octanol–water partition coefficient (Wildman–Crippen LogP) is 1.36. The lowest BCUT2D eigenvalue weighted by molar-refractivity contribution is -0.107. The summed E-state index contributed by atoms with van der Waals surface area (Å²) in [5, 5.41) is 13.2. The minimum Gasteiger partial charge on any atom is -0.444 e. The zero-order chi connectivity index (χ0) is 11.5. The number of alkyl carbamates (subject to hydrolysis) is 1. The van der Waals surface area contributed by atoms with Crippen molar-refractivity contribution in [3.05, 3.63) is 0 Å². The molecule has 0 bridgehead atoms. The van der Waals surface area contributed by atoms with Crippen molar-refractivity contribution in [3.63, 3.8) is 0 Å². The van der Waals surface area contributed by atoms with Crippen LogP contribution >= 0.6 is 0 Å². The van der Waals surface area contributed by atoms with Gasteiger partial charge in [-0.2, -0.15) is 5.06 Å². The number of hydrogen-bond acceptors (Lipinski definition) is 4. The van der Waals surface area contributed by atoms with Gasteiger partial charge in [0.1, 0.15) is 5.60 Å². The predicted molar refractivity (Wildman–Crippen MR) is 55.8 cm³/mol. The third kappa shape index (κ3) is 4.99. The van der Waals surface area contributed by atoms with Gasteiger partial charge >= 0.3 is 6.09 Å². The van der Waals surface area contributed by atoms with E-state index in [4.69, 9.17) is 9.94 Å². The van der Waals surface area contributed by atoms with Crippen LogP contribution in [0, 0.1) is 0 Å². The topological polar surface area (TPSA) is 61.8 Å². The Kier molecular flexibility index (Phi) is 3.93. The van der Waals surface area contributed by atoms with Crippen molar-refractivity contribution in [2.45, 2.75) is 45.3 Å². The molecule has 2 N–H and O–H groups in total. The van der Waals surface area contributed by atoms with E-state index in [0.717, 1.165) is 12.8 Å². The van der Waals surface area contributed by atoms with Gasteiger partial charge in [0, 0.05) is 19.1 Å². The monoisotopic (exact) mass is 216 g/mol. The number of ether oxygens (including phenoxy) is 1. The van der Waals surface area contributed by atoms with Crippen LogP contribution in [0.1, 0.15) is 33.6 Å². The van der Waals surface area contributed by atoms with Crippen molar-refractivity contribution in [2.24, 2.45) is 0 Å². The largest absolute Gasteiger partial charge is 0.444 e. The molecule has 1 fully saturated rings. The summed E-state index contributed by atoms with van der Waals surface area (Å²) in [6.07, 6.45) is 1.14. The second-order valence-electron chi connectivity index (χ2n) is 4.87. The molecule has 15 heavy (non-hydrogen) atoms. The third-order valence-electron chi connectivity index (χ3n) is 2.19. The van der Waals surface area contributed by atoms with E-state index in [0.29, 0.717) is 13.1 Å². The minimum atomic E-state index is -0.457. The highest BCUT2D eigenvalue weighted by Gasteiger charge is 2.22. The lowest BCUT2D eigenvalue weighted by atomic mass is 10.1. The second-order valence-corrected chi connectivity index (χ2v) is 4.87. The molecule has 1 aliphatic rings. The maximum Gasteiger partial charge on any atom is 0.407 e. The van der Waals surface area contributed by atoms with Crippen molar-refractivity contribution in [2.75, 3.05) is 13.1 Å². The van der Waals surface area contributed by atoms with Crippen molar-refractivity contribution < 1.29 is 14.7 Å². The van der Waals surface area contributed by atoms with Crippen LogP contribution in [0.3, 0.4) is 0 Å². The van der Waals surface area contributed by atoms with Crippen LogP contribution in [0.5, 0.6) is 0 Å². The Morgan fingerprint density at radius 3 is 2.40 bits per heavy atom. The molecule has 0 aromatic heterocycles. The van der Waals surface area contributed by atoms with Crippen molar-refractivity contribution in [3.8, 4) is 0 Å². The van der Waals surface area contributed by atoms with Crippen LogP contribution < -0.4 is 5.32 Å². The highest BCUT2D eigenvalue weighted by Crippen LogP contribution is 2.10. The fourth-order valence-corrected chi connectivity index (χ4v) is 1.48. The summed E-state index contributed by atoms with van der Waals surface area (Å²) in [4.78, 5) is 11.4. The van der Waals surface area contributed by atoms with Gasteiger partial charge in [-0.25, -0.2) is 4.79 Å². The van der Waals surface area contributed by atoms with Crippen LogP contribution in [0.25, 0.3) is 0 Å². The van der Waals surface area contributed by atoms with Crippen LogP contribution in [-0.2, 0) is 4.74 Å². The van der Waals surface area contributed by atoms with Gasteiger partial charge in [0.15, 0.2) is 0 Å². The standard InChI is InChI=1S/C10H20N2O3/c1-10(2,3)15-9(13)11-8-4-6-12(14)7-5-8/h8,14H,4-7H2,1-3H3,(H,11,13). The van der Waals surface area contributed by atoms with Gasteiger partial charge in [-0.05, 0) is 33.6 Å². The lowest BCUT2D eigenvalue weighted by Crippen LogP contribution is -2.45. The molecule has 0 aromatic carbocycles. The molecular formula is C10H20N2O3. The number of hydroxylamine groups is 2. The molecule has 0 unspecified atom stereocenters. The van der Waals surface area contributed by atoms with Crippen LogP contribution in [0.15, 0.2) is 0 Å². The average molecular weight is 216 g/mol. The van der Waals surface area contributed by atoms with Crippen LogP contribution in [0.2, 0.25) is 0 Å². The number of amides is 1. The van der Waals surface area contributed by atoms with Crippen molar-refractivity contribution in [1.29, 1.82) is 0 Å². The smallest absolute Gasteiger partial charge is 0.407 e. The first kappa shape index (κ1) is 12.3. The first-order valence-corrected chi connectivity index (χ1v) is 5.30. The molecule has 1 aliphatic heterocycles. The van der Waals surface area contributed by atoms with E-state index in [1.54, 1.807) is 0 Å². The Morgan fingerprint density at radius 2 is 1.93 bits per heavy atom. The molecule has 88 valence electrons. The summed E-state index contributed by atoms with van der Waals surface area (Å²) >= 11 is 0. The summed E-state index contributed by atoms with van der Waals surface area (Å²) in [5.41, 5.74) is -0.457. The van der Waals surface area contributed by atoms with E-state index in [1.807, 2.05) is 20.8 Å². The number of rotatable bonds is 1. The Hall–Kier alpha value is -0.810. The summed E-state index contributed by atoms with van der Waals surface area (Å²) in [6.45, 7) is 6.70. The van der Waals surface area contributed by atoms with E-state index >= 15 is 0 Å². The van der Waals surface area contributed by atoms with Gasteiger partial charge in [0.25, 0.3) is 0 Å². The maximum absolute atomic E-state index is 11.4. The normalized spacial score (nSPS) is 20.0. The Balaban J connectivity index is 2.27. The first-order valence-electron chi connectivity index (χ1n) is 5.30. The van der Waals surface area contributed by atoms with E-state index < -0.39 is 5.60 Å². The first-order chi connectivity index (χ1) is 6.87. The Bertz CT molecular complexity index is 217. The van der Waals surface area contributed by atoms with Crippen LogP contribution in [-0.4, -0.2) is 41.1 Å². The molecule has 0 saturated carbocycles. The molecule has 1 saturated heterocycles. The molecule has 1 rings (SSSR count). The van der Waals surface area contributed by atoms with Crippen molar-refractivity contribution >= 4 is 6.09 Å². The van der Waals surface area contributed by atoms with Crippen molar-refractivity contribution in [1.82, 2.24) is 10.4 Å². The van der Waals surface area contributed by atoms with Gasteiger partial charge in [0.2, 0.25) is 0 Å². The Labute approximate surface area is 90.4 Å². The average Bonchev–Trinajstić information content (AvgIpc) is 2.05. The zero-order valence-electron chi connectivity index (χ0n) is 9.62. The minimum absolute atomic E-state index is 0.114. The van der Waals surface area contributed by atoms with Gasteiger partial charge in [-0.1, -0.05) is 0 Å². The molecule has 1 amide bonds. The zero-order valence-corrected chi connectivity index (χ0v) is 9.62. The second kappa shape index (κ2) is 4.81. The van der Waals surface area contributed by atoms with E-state index in [1.165, 1.54) is 5.06 Å². The summed E-state index contributed by atoms with van der Waals surface area (Å²) in [6, 6.07) is 0.114. The molecule has 1 heterocycles. The molecule has 5 heteroatoms. The van der Waals surface area contributed by atoms with Crippen LogP contribution in [0.4, 0.5) is 4.79 Å². The molecule has 0 aromatic rings. The Morgan fingerprint density at radius 1 is 1.40 bits per heavy atom. The van der Waals surface area contributed by atoms with Gasteiger partial charge < -0.3 is 15.3 Å². The quantitative estimate of drug-likeness (QED) is 0.695. The summed E-state index contributed by atoms with van der Waals surface area (Å²) in [5.74, 6) is 0. The molecule has 0 spiro atoms. The number of nitrogens with one attached hydrogen (secondary N) is 1. The number of carbonyl (C=O) groups excluding carboxylic acids is 1. The van der Waals surface area contributed by atoms with E-state index in [-0.39, 0.29) is 12.1 Å². The molecular weight excluding hydrogens is 196 g/mol. The van der Waals surface area contributed by atoms with E-state index in [9.17, 15) is 4.79 Å². The van der Waals surface area contributed by atoms with E-state index in [2.05, 4.69) is 5.32 Å². The molecule has 5 nitrogen and oxygen atoms in total. The highest BCUT2D eigenvalue weighted by atomic mass is 16.6. The molecule has 0 aliphatic carbocycles. The summed E-state index contributed by atoms with van der Waals surface area (Å²) < 4.78 is 5.14. The highest BCUT2D eigenvalue weighted by molar-refractivity contribution is 5.68. The number of piperidine rings is 1. The van der Waals surface area contributed by atoms with Gasteiger partial charge in [-0.15, -0.1) is 0 Å². The third-order valence-corrected chi connectivity index (χ3v) is 2.19. The number of nitrogens with zero attached hydrogens (tertiary/aromatic N) is 1. The lowest BCUT2D eigenvalue weighted by Gasteiger charge is -2.29. The molecule has 0 radical (unpaired) electrons. The maximum atomic E-state index is 11.4. The fraction of sp³-hybridized carbons (Fsp3) is 0.900. The number of carbonyl (C=O) groups is 1.